The molecule has 0 radical (unpaired) electrons. The lowest BCUT2D eigenvalue weighted by Crippen LogP contribution is -2.28. The minimum atomic E-state index is -3.50. The molecule has 2 aliphatic rings. The molecule has 0 aromatic rings. The third-order valence-corrected chi connectivity index (χ3v) is 5.17. The number of ether oxygens (including phenoxy) is 1. The second kappa shape index (κ2) is 4.18. The fourth-order valence-electron chi connectivity index (χ4n) is 1.97. The molecule has 1 N–H and O–H groups in total. The van der Waals surface area contributed by atoms with E-state index in [1.807, 2.05) is 0 Å². The van der Waals surface area contributed by atoms with Crippen LogP contribution in [0.2, 0.25) is 0 Å². The van der Waals surface area contributed by atoms with E-state index in [0.717, 1.165) is 6.42 Å². The molecule has 0 saturated carbocycles. The minimum Gasteiger partial charge on any atom is -0.465 e. The highest BCUT2D eigenvalue weighted by molar-refractivity contribution is 7.58. The number of nitrogens with zero attached hydrogens (tertiary/aromatic N) is 1. The van der Waals surface area contributed by atoms with Gasteiger partial charge in [0, 0.05) is 13.0 Å². The van der Waals surface area contributed by atoms with Crippen molar-refractivity contribution in [2.45, 2.75) is 24.9 Å². The molecule has 6 nitrogen and oxygen atoms in total. The Morgan fingerprint density at radius 2 is 2.25 bits per heavy atom. The highest BCUT2D eigenvalue weighted by Crippen LogP contribution is 2.50. The van der Waals surface area contributed by atoms with Crippen LogP contribution in [0.15, 0.2) is 0 Å². The largest absolute Gasteiger partial charge is 0.465 e. The first-order valence-corrected chi connectivity index (χ1v) is 7.15. The molecule has 2 fully saturated rings. The normalized spacial score (nSPS) is 29.3. The number of rotatable bonds is 3. The summed E-state index contributed by atoms with van der Waals surface area (Å²) in [6.45, 7) is 0.527. The summed E-state index contributed by atoms with van der Waals surface area (Å²) in [5.41, 5.74) is -0.645. The van der Waals surface area contributed by atoms with Crippen molar-refractivity contribution in [3.05, 3.63) is 0 Å². The van der Waals surface area contributed by atoms with Crippen LogP contribution in [-0.4, -0.2) is 46.8 Å². The SMILES string of the molecule is O=C1C[C@@H](P(=O)(O)CN2CCCC2=O)CO1. The van der Waals surface area contributed by atoms with E-state index in [9.17, 15) is 19.0 Å². The molecule has 0 aromatic carbocycles. The Hall–Kier alpha value is -0.870. The standard InChI is InChI=1S/C9H14NO5P/c11-8-2-1-3-10(8)6-16(13,14)7-4-9(12)15-5-7/h7H,1-6H2,(H,13,14)/t7-/m1/s1. The number of hydrogen-bond donors (Lipinski definition) is 1. The molecule has 0 bridgehead atoms. The van der Waals surface area contributed by atoms with Crippen LogP contribution in [0.1, 0.15) is 19.3 Å². The van der Waals surface area contributed by atoms with Gasteiger partial charge in [0.25, 0.3) is 0 Å². The van der Waals surface area contributed by atoms with Crippen molar-refractivity contribution in [1.29, 1.82) is 0 Å². The fraction of sp³-hybridized carbons (Fsp3) is 0.778. The quantitative estimate of drug-likeness (QED) is 0.567. The Balaban J connectivity index is 1.99. The van der Waals surface area contributed by atoms with Crippen LogP contribution in [0, 0.1) is 0 Å². The molecule has 1 amide bonds. The van der Waals surface area contributed by atoms with Gasteiger partial charge in [-0.25, -0.2) is 0 Å². The van der Waals surface area contributed by atoms with E-state index in [4.69, 9.17) is 0 Å². The van der Waals surface area contributed by atoms with Crippen molar-refractivity contribution in [3.63, 3.8) is 0 Å². The molecular formula is C9H14NO5P. The van der Waals surface area contributed by atoms with E-state index in [-0.39, 0.29) is 25.2 Å². The molecule has 0 spiro atoms. The Morgan fingerprint density at radius 3 is 2.75 bits per heavy atom. The van der Waals surface area contributed by atoms with E-state index >= 15 is 0 Å². The number of likely N-dealkylation sites (tertiary alicyclic amines) is 1. The number of carbonyl (C=O) groups is 2. The van der Waals surface area contributed by atoms with Crippen LogP contribution >= 0.6 is 7.37 Å². The lowest BCUT2D eigenvalue weighted by Gasteiger charge is -2.22. The molecule has 2 atom stereocenters. The maximum absolute atomic E-state index is 12.0. The average Bonchev–Trinajstić information content (AvgIpc) is 2.77. The van der Waals surface area contributed by atoms with Gasteiger partial charge < -0.3 is 14.5 Å². The van der Waals surface area contributed by atoms with Gasteiger partial charge in [0.2, 0.25) is 13.3 Å². The third kappa shape index (κ3) is 2.28. The molecule has 0 aliphatic carbocycles. The zero-order chi connectivity index (χ0) is 11.8. The summed E-state index contributed by atoms with van der Waals surface area (Å²) in [5, 5.41) is 0. The Bertz CT molecular complexity index is 369. The summed E-state index contributed by atoms with van der Waals surface area (Å²) in [7, 11) is -3.50. The summed E-state index contributed by atoms with van der Waals surface area (Å²) in [6.07, 6.45) is 1.02. The van der Waals surface area contributed by atoms with Gasteiger partial charge in [-0.05, 0) is 6.42 Å². The van der Waals surface area contributed by atoms with E-state index in [1.54, 1.807) is 0 Å². The number of carbonyl (C=O) groups excluding carboxylic acids is 2. The van der Waals surface area contributed by atoms with Crippen LogP contribution in [-0.2, 0) is 18.9 Å². The van der Waals surface area contributed by atoms with Crippen molar-refractivity contribution in [3.8, 4) is 0 Å². The Kier molecular flexibility index (Phi) is 3.04. The van der Waals surface area contributed by atoms with Crippen molar-refractivity contribution >= 4 is 19.2 Å². The molecule has 2 aliphatic heterocycles. The van der Waals surface area contributed by atoms with Crippen LogP contribution in [0.5, 0.6) is 0 Å². The van der Waals surface area contributed by atoms with Gasteiger partial charge in [-0.1, -0.05) is 0 Å². The van der Waals surface area contributed by atoms with Crippen LogP contribution < -0.4 is 0 Å². The fourth-order valence-corrected chi connectivity index (χ4v) is 3.73. The van der Waals surface area contributed by atoms with Crippen molar-refractivity contribution < 1.29 is 23.8 Å². The second-order valence-electron chi connectivity index (χ2n) is 4.20. The van der Waals surface area contributed by atoms with Gasteiger partial charge in [0.05, 0.1) is 18.4 Å². The molecule has 0 aromatic heterocycles. The molecule has 2 rings (SSSR count). The Morgan fingerprint density at radius 1 is 1.50 bits per heavy atom. The van der Waals surface area contributed by atoms with Gasteiger partial charge in [-0.2, -0.15) is 0 Å². The van der Waals surface area contributed by atoms with Gasteiger partial charge in [-0.3, -0.25) is 14.2 Å². The summed E-state index contributed by atoms with van der Waals surface area (Å²) in [5.74, 6) is -0.522. The van der Waals surface area contributed by atoms with Gasteiger partial charge >= 0.3 is 5.97 Å². The first-order valence-electron chi connectivity index (χ1n) is 5.24. The highest BCUT2D eigenvalue weighted by Gasteiger charge is 2.41. The average molecular weight is 247 g/mol. The lowest BCUT2D eigenvalue weighted by molar-refractivity contribution is -0.138. The monoisotopic (exact) mass is 247 g/mol. The Labute approximate surface area is 93.0 Å². The van der Waals surface area contributed by atoms with E-state index in [0.29, 0.717) is 13.0 Å². The summed E-state index contributed by atoms with van der Waals surface area (Å²) < 4.78 is 16.7. The first kappa shape index (κ1) is 11.6. The minimum absolute atomic E-state index is 0.00532. The van der Waals surface area contributed by atoms with Gasteiger partial charge in [-0.15, -0.1) is 0 Å². The predicted octanol–water partition coefficient (Wildman–Crippen LogP) is 0.152. The molecule has 2 heterocycles. The maximum Gasteiger partial charge on any atom is 0.306 e. The number of hydrogen-bond acceptors (Lipinski definition) is 4. The van der Waals surface area contributed by atoms with E-state index in [2.05, 4.69) is 4.74 Å². The van der Waals surface area contributed by atoms with E-state index in [1.165, 1.54) is 4.90 Å². The zero-order valence-corrected chi connectivity index (χ0v) is 9.69. The molecular weight excluding hydrogens is 233 g/mol. The lowest BCUT2D eigenvalue weighted by atomic mass is 10.4. The van der Waals surface area contributed by atoms with Crippen LogP contribution in [0.25, 0.3) is 0 Å². The number of cyclic esters (lactones) is 1. The zero-order valence-electron chi connectivity index (χ0n) is 8.79. The van der Waals surface area contributed by atoms with Crippen molar-refractivity contribution in [2.75, 3.05) is 19.4 Å². The first-order chi connectivity index (χ1) is 7.49. The summed E-state index contributed by atoms with van der Waals surface area (Å²) in [6, 6.07) is 0. The number of esters is 1. The van der Waals surface area contributed by atoms with Crippen LogP contribution in [0.4, 0.5) is 0 Å². The predicted molar refractivity (Wildman–Crippen MR) is 55.0 cm³/mol. The van der Waals surface area contributed by atoms with E-state index < -0.39 is 19.0 Å². The topological polar surface area (TPSA) is 83.9 Å². The number of amides is 1. The van der Waals surface area contributed by atoms with Gasteiger partial charge in [0.15, 0.2) is 0 Å². The summed E-state index contributed by atoms with van der Waals surface area (Å²) in [4.78, 5) is 33.4. The maximum atomic E-state index is 12.0. The van der Waals surface area contributed by atoms with Crippen molar-refractivity contribution in [2.24, 2.45) is 0 Å². The summed E-state index contributed by atoms with van der Waals surface area (Å²) >= 11 is 0. The smallest absolute Gasteiger partial charge is 0.306 e. The molecule has 90 valence electrons. The molecule has 16 heavy (non-hydrogen) atoms. The third-order valence-electron chi connectivity index (χ3n) is 2.95. The second-order valence-corrected chi connectivity index (χ2v) is 6.72. The highest BCUT2D eigenvalue weighted by atomic mass is 31.2. The van der Waals surface area contributed by atoms with Crippen molar-refractivity contribution in [1.82, 2.24) is 4.90 Å². The molecule has 1 unspecified atom stereocenters. The molecule has 7 heteroatoms. The van der Waals surface area contributed by atoms with Gasteiger partial charge in [0.1, 0.15) is 6.61 Å². The van der Waals surface area contributed by atoms with Crippen LogP contribution in [0.3, 0.4) is 0 Å². The molecule has 2 saturated heterocycles.